The Bertz CT molecular complexity index is 518. The number of hydrogen-bond acceptors (Lipinski definition) is 6. The molecule has 0 aliphatic rings. The smallest absolute Gasteiger partial charge is 0.266 e. The highest BCUT2D eigenvalue weighted by Gasteiger charge is 2.12. The van der Waals surface area contributed by atoms with E-state index in [9.17, 15) is 15.2 Å². The van der Waals surface area contributed by atoms with Crippen LogP contribution >= 0.6 is 12.2 Å². The Morgan fingerprint density at radius 1 is 1.67 bits per heavy atom. The van der Waals surface area contributed by atoms with Crippen LogP contribution < -0.4 is 21.0 Å². The number of thiocarbonyl (C=S) groups is 1. The van der Waals surface area contributed by atoms with Crippen molar-refractivity contribution in [3.63, 3.8) is 0 Å². The summed E-state index contributed by atoms with van der Waals surface area (Å²) >= 11 is 4.52. The SMILES string of the molecule is COc1cc(C=NNC(N)=S)cc([N+](=O)[O-])c1[O-]. The lowest BCUT2D eigenvalue weighted by molar-refractivity contribution is -0.398. The summed E-state index contributed by atoms with van der Waals surface area (Å²) in [6.45, 7) is 0. The number of hydrazone groups is 1. The van der Waals surface area contributed by atoms with E-state index in [1.807, 2.05) is 0 Å². The standard InChI is InChI=1S/C9H10N4O4S/c1-17-7-3-5(4-11-12-9(10)18)2-6(8(7)14)13(15)16/h2-4,14H,1H3,(H3,10,12,18)/p-1. The maximum absolute atomic E-state index is 11.5. The first-order chi connectivity index (χ1) is 8.45. The summed E-state index contributed by atoms with van der Waals surface area (Å²) < 4.78 is 4.75. The topological polar surface area (TPSA) is 126 Å². The lowest BCUT2D eigenvalue weighted by Gasteiger charge is -2.12. The Kier molecular flexibility index (Phi) is 4.38. The second-order valence-corrected chi connectivity index (χ2v) is 3.50. The van der Waals surface area contributed by atoms with Crippen LogP contribution in [0.5, 0.6) is 11.5 Å². The molecule has 0 unspecified atom stereocenters. The number of ether oxygens (including phenoxy) is 1. The third kappa shape index (κ3) is 3.28. The van der Waals surface area contributed by atoms with Crippen LogP contribution in [0.2, 0.25) is 0 Å². The van der Waals surface area contributed by atoms with E-state index >= 15 is 0 Å². The van der Waals surface area contributed by atoms with Crippen LogP contribution in [-0.2, 0) is 0 Å². The predicted molar refractivity (Wildman–Crippen MR) is 66.6 cm³/mol. The van der Waals surface area contributed by atoms with Gasteiger partial charge in [0, 0.05) is 17.4 Å². The number of benzene rings is 1. The Morgan fingerprint density at radius 2 is 2.33 bits per heavy atom. The Morgan fingerprint density at radius 3 is 2.83 bits per heavy atom. The summed E-state index contributed by atoms with van der Waals surface area (Å²) in [6, 6.07) is 2.40. The molecule has 0 radical (unpaired) electrons. The second kappa shape index (κ2) is 5.77. The fourth-order valence-corrected chi connectivity index (χ4v) is 1.19. The van der Waals surface area contributed by atoms with Crippen LogP contribution in [0, 0.1) is 10.1 Å². The lowest BCUT2D eigenvalue weighted by Crippen LogP contribution is -2.24. The largest absolute Gasteiger partial charge is 0.865 e. The van der Waals surface area contributed by atoms with Crippen molar-refractivity contribution in [1.29, 1.82) is 0 Å². The molecular weight excluding hydrogens is 260 g/mol. The molecule has 0 fully saturated rings. The van der Waals surface area contributed by atoms with Crippen molar-refractivity contribution in [3.8, 4) is 11.5 Å². The van der Waals surface area contributed by atoms with Crippen LogP contribution in [0.25, 0.3) is 0 Å². The minimum absolute atomic E-state index is 0.0480. The molecule has 3 N–H and O–H groups in total. The molecular formula is C9H9N4O4S-. The van der Waals surface area contributed by atoms with E-state index in [1.54, 1.807) is 0 Å². The first kappa shape index (κ1) is 13.6. The van der Waals surface area contributed by atoms with Gasteiger partial charge in [-0.05, 0) is 18.3 Å². The van der Waals surface area contributed by atoms with Crippen LogP contribution in [0.4, 0.5) is 5.69 Å². The second-order valence-electron chi connectivity index (χ2n) is 3.06. The number of nitrogens with two attached hydrogens (primary N) is 1. The summed E-state index contributed by atoms with van der Waals surface area (Å²) in [4.78, 5) is 9.88. The Balaban J connectivity index is 3.13. The molecule has 0 saturated heterocycles. The maximum Gasteiger partial charge on any atom is 0.266 e. The van der Waals surface area contributed by atoms with Gasteiger partial charge in [-0.1, -0.05) is 0 Å². The van der Waals surface area contributed by atoms with Crippen molar-refractivity contribution in [3.05, 3.63) is 27.8 Å². The van der Waals surface area contributed by atoms with Crippen molar-refractivity contribution >= 4 is 29.2 Å². The van der Waals surface area contributed by atoms with Gasteiger partial charge in [-0.25, -0.2) is 0 Å². The Hall–Kier alpha value is -2.42. The minimum Gasteiger partial charge on any atom is -0.865 e. The van der Waals surface area contributed by atoms with E-state index in [-0.39, 0.29) is 10.9 Å². The van der Waals surface area contributed by atoms with Crippen molar-refractivity contribution in [2.45, 2.75) is 0 Å². The number of rotatable bonds is 4. The molecule has 0 amide bonds. The first-order valence-corrected chi connectivity index (χ1v) is 4.98. The van der Waals surface area contributed by atoms with E-state index in [0.717, 1.165) is 6.07 Å². The molecule has 0 saturated carbocycles. The van der Waals surface area contributed by atoms with Crippen molar-refractivity contribution in [2.24, 2.45) is 10.8 Å². The summed E-state index contributed by atoms with van der Waals surface area (Å²) in [7, 11) is 1.24. The summed E-state index contributed by atoms with van der Waals surface area (Å²) in [5, 5.41) is 25.8. The summed E-state index contributed by atoms with van der Waals surface area (Å²) in [6.07, 6.45) is 1.23. The van der Waals surface area contributed by atoms with E-state index in [4.69, 9.17) is 10.5 Å². The number of methoxy groups -OCH3 is 1. The molecule has 8 nitrogen and oxygen atoms in total. The van der Waals surface area contributed by atoms with E-state index in [0.29, 0.717) is 5.56 Å². The number of nitrogens with zero attached hydrogens (tertiary/aromatic N) is 2. The van der Waals surface area contributed by atoms with E-state index in [1.165, 1.54) is 19.4 Å². The molecule has 0 atom stereocenters. The van der Waals surface area contributed by atoms with Crippen molar-refractivity contribution in [1.82, 2.24) is 5.43 Å². The van der Waals surface area contributed by atoms with Crippen molar-refractivity contribution in [2.75, 3.05) is 7.11 Å². The monoisotopic (exact) mass is 269 g/mol. The Labute approximate surface area is 107 Å². The van der Waals surface area contributed by atoms with E-state index < -0.39 is 16.4 Å². The maximum atomic E-state index is 11.5. The first-order valence-electron chi connectivity index (χ1n) is 4.57. The molecule has 96 valence electrons. The predicted octanol–water partition coefficient (Wildman–Crippen LogP) is -0.156. The highest BCUT2D eigenvalue weighted by atomic mass is 32.1. The molecule has 0 aromatic heterocycles. The van der Waals surface area contributed by atoms with Crippen LogP contribution in [0.15, 0.2) is 17.2 Å². The molecule has 1 aromatic carbocycles. The molecule has 9 heteroatoms. The van der Waals surface area contributed by atoms with Gasteiger partial charge in [0.25, 0.3) is 5.69 Å². The third-order valence-electron chi connectivity index (χ3n) is 1.86. The van der Waals surface area contributed by atoms with Gasteiger partial charge in [-0.3, -0.25) is 15.5 Å². The van der Waals surface area contributed by atoms with Crippen LogP contribution in [-0.4, -0.2) is 23.4 Å². The molecule has 0 aliphatic heterocycles. The summed E-state index contributed by atoms with van der Waals surface area (Å²) in [5.41, 5.74) is 7.14. The van der Waals surface area contributed by atoms with Gasteiger partial charge in [0.05, 0.1) is 18.2 Å². The van der Waals surface area contributed by atoms with Gasteiger partial charge < -0.3 is 15.6 Å². The molecule has 18 heavy (non-hydrogen) atoms. The van der Waals surface area contributed by atoms with E-state index in [2.05, 4.69) is 22.7 Å². The van der Waals surface area contributed by atoms with Gasteiger partial charge in [0.15, 0.2) is 5.11 Å². The quantitative estimate of drug-likeness (QED) is 0.336. The molecule has 1 rings (SSSR count). The average molecular weight is 269 g/mol. The van der Waals surface area contributed by atoms with Crippen LogP contribution in [0.1, 0.15) is 5.56 Å². The molecule has 1 aromatic rings. The average Bonchev–Trinajstić information content (AvgIpc) is 2.30. The zero-order valence-electron chi connectivity index (χ0n) is 9.25. The summed E-state index contributed by atoms with van der Waals surface area (Å²) in [5.74, 6) is -0.928. The van der Waals surface area contributed by atoms with Gasteiger partial charge in [-0.2, -0.15) is 5.10 Å². The number of nitrogens with one attached hydrogen (secondary N) is 1. The minimum atomic E-state index is -0.790. The zero-order chi connectivity index (χ0) is 13.7. The van der Waals surface area contributed by atoms with Gasteiger partial charge in [0.1, 0.15) is 5.75 Å². The fraction of sp³-hybridized carbons (Fsp3) is 0.111. The van der Waals surface area contributed by atoms with Gasteiger partial charge >= 0.3 is 0 Å². The van der Waals surface area contributed by atoms with Crippen molar-refractivity contribution < 1.29 is 14.8 Å². The third-order valence-corrected chi connectivity index (χ3v) is 1.95. The van der Waals surface area contributed by atoms with Gasteiger partial charge in [-0.15, -0.1) is 0 Å². The normalized spacial score (nSPS) is 10.3. The zero-order valence-corrected chi connectivity index (χ0v) is 10.1. The number of nitro groups is 1. The highest BCUT2D eigenvalue weighted by Crippen LogP contribution is 2.33. The molecule has 0 spiro atoms. The molecule has 0 aliphatic carbocycles. The van der Waals surface area contributed by atoms with Gasteiger partial charge in [0.2, 0.25) is 0 Å². The number of hydrogen-bond donors (Lipinski definition) is 2. The van der Waals surface area contributed by atoms with Crippen LogP contribution in [0.3, 0.4) is 0 Å². The highest BCUT2D eigenvalue weighted by molar-refractivity contribution is 7.80. The lowest BCUT2D eigenvalue weighted by atomic mass is 10.2. The molecule has 0 heterocycles. The fourth-order valence-electron chi connectivity index (χ4n) is 1.14. The number of nitro benzene ring substituents is 1. The molecule has 0 bridgehead atoms.